The third kappa shape index (κ3) is 9.58. The lowest BCUT2D eigenvalue weighted by atomic mass is 9.86. The number of rotatable bonds is 4. The number of hydrogen-bond donors (Lipinski definition) is 2. The van der Waals surface area contributed by atoms with Gasteiger partial charge in [0.25, 0.3) is 0 Å². The van der Waals surface area contributed by atoms with Crippen molar-refractivity contribution in [3.05, 3.63) is 28.7 Å². The van der Waals surface area contributed by atoms with E-state index in [1.54, 1.807) is 11.3 Å². The largest absolute Gasteiger partial charge is 0.490 e. The first-order valence-corrected chi connectivity index (χ1v) is 11.1. The van der Waals surface area contributed by atoms with E-state index in [9.17, 15) is 26.3 Å². The molecule has 2 fully saturated rings. The molecule has 2 aliphatic heterocycles. The highest BCUT2D eigenvalue weighted by Crippen LogP contribution is 2.37. The second-order valence-corrected chi connectivity index (χ2v) is 8.90. The zero-order chi connectivity index (χ0) is 26.2. The molecule has 0 radical (unpaired) electrons. The van der Waals surface area contributed by atoms with Crippen LogP contribution in [-0.4, -0.2) is 81.0 Å². The molecule has 3 heterocycles. The van der Waals surface area contributed by atoms with Gasteiger partial charge in [-0.15, -0.1) is 17.9 Å². The fraction of sp³-hybridized carbons (Fsp3) is 0.650. The van der Waals surface area contributed by atoms with Crippen molar-refractivity contribution in [1.29, 1.82) is 0 Å². The van der Waals surface area contributed by atoms with Crippen LogP contribution in [0.3, 0.4) is 0 Å². The van der Waals surface area contributed by atoms with Crippen LogP contribution in [0.5, 0.6) is 0 Å². The smallest absolute Gasteiger partial charge is 0.475 e. The zero-order valence-corrected chi connectivity index (χ0v) is 19.3. The number of carboxylic acids is 2. The predicted octanol–water partition coefficient (Wildman–Crippen LogP) is 4.33. The average molecular weight is 520 g/mol. The van der Waals surface area contributed by atoms with Gasteiger partial charge in [-0.05, 0) is 45.7 Å². The van der Waals surface area contributed by atoms with Crippen LogP contribution in [0.4, 0.5) is 26.3 Å². The minimum Gasteiger partial charge on any atom is -0.475 e. The van der Waals surface area contributed by atoms with Crippen molar-refractivity contribution in [2.24, 2.45) is 0 Å². The fourth-order valence-electron chi connectivity index (χ4n) is 3.95. The number of aliphatic carboxylic acids is 2. The lowest BCUT2D eigenvalue weighted by molar-refractivity contribution is -0.193. The van der Waals surface area contributed by atoms with E-state index in [-0.39, 0.29) is 0 Å². The summed E-state index contributed by atoms with van der Waals surface area (Å²) in [5.74, 6) is -5.51. The Balaban J connectivity index is 0.000000343. The van der Waals surface area contributed by atoms with Crippen molar-refractivity contribution in [1.82, 2.24) is 14.8 Å². The number of piperidine rings is 1. The number of thiazole rings is 1. The summed E-state index contributed by atoms with van der Waals surface area (Å²) >= 11 is 1.76. The van der Waals surface area contributed by atoms with Gasteiger partial charge in [0, 0.05) is 30.6 Å². The summed E-state index contributed by atoms with van der Waals surface area (Å²) in [7, 11) is 0. The van der Waals surface area contributed by atoms with Crippen LogP contribution < -0.4 is 0 Å². The first-order chi connectivity index (χ1) is 15.6. The van der Waals surface area contributed by atoms with Crippen molar-refractivity contribution < 1.29 is 46.1 Å². The van der Waals surface area contributed by atoms with Gasteiger partial charge in [0.2, 0.25) is 0 Å². The first-order valence-electron chi connectivity index (χ1n) is 10.2. The van der Waals surface area contributed by atoms with E-state index in [0.717, 1.165) is 13.1 Å². The third-order valence-electron chi connectivity index (χ3n) is 5.26. The first kappa shape index (κ1) is 29.8. The molecule has 34 heavy (non-hydrogen) atoms. The summed E-state index contributed by atoms with van der Waals surface area (Å²) in [5.41, 5.74) is 1.66. The Morgan fingerprint density at radius 2 is 1.62 bits per heavy atom. The van der Waals surface area contributed by atoms with Crippen LogP contribution in [0.15, 0.2) is 18.0 Å². The molecule has 194 valence electrons. The number of carboxylic acid groups (broad SMARTS) is 2. The number of aryl methyl sites for hydroxylation is 1. The molecule has 1 aromatic heterocycles. The van der Waals surface area contributed by atoms with Gasteiger partial charge < -0.3 is 10.2 Å². The van der Waals surface area contributed by atoms with Crippen molar-refractivity contribution in [2.75, 3.05) is 26.2 Å². The number of nitrogens with zero attached hydrogens (tertiary/aromatic N) is 3. The highest BCUT2D eigenvalue weighted by atomic mass is 32.1. The highest BCUT2D eigenvalue weighted by molar-refractivity contribution is 7.09. The van der Waals surface area contributed by atoms with Crippen LogP contribution >= 0.6 is 11.3 Å². The average Bonchev–Trinajstić information content (AvgIpc) is 3.28. The maximum Gasteiger partial charge on any atom is 0.490 e. The van der Waals surface area contributed by atoms with Gasteiger partial charge in [0.15, 0.2) is 0 Å². The monoisotopic (exact) mass is 519 g/mol. The molecule has 14 heteroatoms. The lowest BCUT2D eigenvalue weighted by Crippen LogP contribution is -2.55. The number of alkyl halides is 6. The van der Waals surface area contributed by atoms with E-state index in [1.807, 2.05) is 0 Å². The Labute approximate surface area is 196 Å². The second kappa shape index (κ2) is 12.5. The molecule has 0 saturated carbocycles. The minimum absolute atomic E-state index is 0.414. The van der Waals surface area contributed by atoms with Gasteiger partial charge in [-0.3, -0.25) is 9.80 Å². The van der Waals surface area contributed by atoms with Crippen LogP contribution in [0.1, 0.15) is 36.4 Å². The Kier molecular flexibility index (Phi) is 11.0. The SMILES string of the molecule is C=CCN1CCCC12CCCN(Cc1csc(C)n1)C2.O=C(O)C(F)(F)F.O=C(O)C(F)(F)F. The number of aromatic nitrogens is 1. The molecule has 0 amide bonds. The molecule has 0 bridgehead atoms. The molecular weight excluding hydrogens is 492 g/mol. The topological polar surface area (TPSA) is 94.0 Å². The maximum absolute atomic E-state index is 10.6. The van der Waals surface area contributed by atoms with E-state index in [2.05, 4.69) is 39.7 Å². The van der Waals surface area contributed by atoms with E-state index in [4.69, 9.17) is 19.8 Å². The van der Waals surface area contributed by atoms with Gasteiger partial charge >= 0.3 is 24.3 Å². The van der Waals surface area contributed by atoms with Gasteiger partial charge in [-0.25, -0.2) is 14.6 Å². The van der Waals surface area contributed by atoms with Gasteiger partial charge in [0.1, 0.15) is 0 Å². The van der Waals surface area contributed by atoms with E-state index < -0.39 is 24.3 Å². The number of hydrogen-bond acceptors (Lipinski definition) is 6. The number of carbonyl (C=O) groups is 2. The second-order valence-electron chi connectivity index (χ2n) is 7.84. The summed E-state index contributed by atoms with van der Waals surface area (Å²) in [6.07, 6.45) is -2.73. The standard InChI is InChI=1S/C16H25N3S.2C2HF3O2/c1-3-8-19-10-5-7-16(19)6-4-9-18(13-16)11-15-12-20-14(2)17-15;2*3-2(4,5)1(6)7/h3,12H,1,4-11,13H2,2H3;2*(H,6,7). The maximum atomic E-state index is 10.6. The molecule has 2 N–H and O–H groups in total. The molecule has 0 aromatic carbocycles. The Morgan fingerprint density at radius 1 is 1.12 bits per heavy atom. The van der Waals surface area contributed by atoms with E-state index in [1.165, 1.54) is 56.0 Å². The van der Waals surface area contributed by atoms with Gasteiger partial charge in [-0.2, -0.15) is 26.3 Å². The van der Waals surface area contributed by atoms with Crippen LogP contribution in [0.2, 0.25) is 0 Å². The molecule has 1 spiro atoms. The summed E-state index contributed by atoms with van der Waals surface area (Å²) in [4.78, 5) is 27.7. The van der Waals surface area contributed by atoms with Crippen molar-refractivity contribution >= 4 is 23.3 Å². The molecule has 7 nitrogen and oxygen atoms in total. The quantitative estimate of drug-likeness (QED) is 0.452. The highest BCUT2D eigenvalue weighted by Gasteiger charge is 2.43. The summed E-state index contributed by atoms with van der Waals surface area (Å²) in [6.45, 7) is 11.8. The Morgan fingerprint density at radius 3 is 2.03 bits per heavy atom. The van der Waals surface area contributed by atoms with Crippen LogP contribution in [0.25, 0.3) is 0 Å². The summed E-state index contributed by atoms with van der Waals surface area (Å²) < 4.78 is 63.5. The normalized spacial score (nSPS) is 21.3. The van der Waals surface area contributed by atoms with Gasteiger partial charge in [0.05, 0.1) is 10.7 Å². The molecule has 1 aromatic rings. The number of halogens is 6. The third-order valence-corrected chi connectivity index (χ3v) is 6.08. The fourth-order valence-corrected chi connectivity index (χ4v) is 4.55. The van der Waals surface area contributed by atoms with Crippen LogP contribution in [0, 0.1) is 6.92 Å². The van der Waals surface area contributed by atoms with Crippen molar-refractivity contribution in [3.63, 3.8) is 0 Å². The molecule has 0 aliphatic carbocycles. The molecule has 2 aliphatic rings. The molecule has 2 saturated heterocycles. The van der Waals surface area contributed by atoms with Crippen LogP contribution in [-0.2, 0) is 16.1 Å². The molecule has 1 atom stereocenters. The minimum atomic E-state index is -5.08. The Bertz CT molecular complexity index is 806. The Hall–Kier alpha value is -2.19. The zero-order valence-electron chi connectivity index (χ0n) is 18.5. The summed E-state index contributed by atoms with van der Waals surface area (Å²) in [6, 6.07) is 0. The van der Waals surface area contributed by atoms with E-state index in [0.29, 0.717) is 5.54 Å². The van der Waals surface area contributed by atoms with Crippen molar-refractivity contribution in [3.8, 4) is 0 Å². The lowest BCUT2D eigenvalue weighted by Gasteiger charge is -2.45. The number of likely N-dealkylation sites (tertiary alicyclic amines) is 2. The van der Waals surface area contributed by atoms with Crippen molar-refractivity contribution in [2.45, 2.75) is 57.0 Å². The predicted molar refractivity (Wildman–Crippen MR) is 112 cm³/mol. The molecule has 1 unspecified atom stereocenters. The summed E-state index contributed by atoms with van der Waals surface area (Å²) in [5, 5.41) is 17.6. The molecule has 3 rings (SSSR count). The van der Waals surface area contributed by atoms with Gasteiger partial charge in [-0.1, -0.05) is 6.08 Å². The van der Waals surface area contributed by atoms with E-state index >= 15 is 0 Å². The molecular formula is C20H27F6N3O4S.